The van der Waals surface area contributed by atoms with Crippen LogP contribution >= 0.6 is 0 Å². The van der Waals surface area contributed by atoms with Gasteiger partial charge in [-0.05, 0) is 19.3 Å². The van der Waals surface area contributed by atoms with Crippen molar-refractivity contribution in [2.24, 2.45) is 0 Å². The number of carbonyl (C=O) groups is 1. The van der Waals surface area contributed by atoms with Crippen molar-refractivity contribution >= 4 is 5.97 Å². The van der Waals surface area contributed by atoms with Gasteiger partial charge in [-0.3, -0.25) is 0 Å². The molecule has 0 aromatic rings. The molecule has 0 heterocycles. The summed E-state index contributed by atoms with van der Waals surface area (Å²) in [5.41, 5.74) is 0. The number of ether oxygens (including phenoxy) is 1. The average molecular weight is 196 g/mol. The Labute approximate surface area is 74.1 Å². The molecule has 2 unspecified atom stereocenters. The lowest BCUT2D eigenvalue weighted by Crippen LogP contribution is -2.33. The molecule has 0 aromatic carbocycles. The van der Waals surface area contributed by atoms with Crippen LogP contribution < -0.4 is 0 Å². The van der Waals surface area contributed by atoms with E-state index >= 15 is 0 Å². The smallest absolute Gasteiger partial charge is 0.374 e. The maximum atomic E-state index is 12.9. The molecule has 0 radical (unpaired) electrons. The van der Waals surface area contributed by atoms with Gasteiger partial charge in [-0.25, -0.2) is 9.18 Å². The molecular weight excluding hydrogens is 185 g/mol. The Morgan fingerprint density at radius 2 is 1.92 bits per heavy atom. The van der Waals surface area contributed by atoms with E-state index in [1.165, 1.54) is 0 Å². The van der Waals surface area contributed by atoms with Crippen molar-refractivity contribution in [2.75, 3.05) is 0 Å². The van der Waals surface area contributed by atoms with E-state index in [-0.39, 0.29) is 0 Å². The van der Waals surface area contributed by atoms with E-state index < -0.39 is 24.7 Å². The van der Waals surface area contributed by atoms with Crippen LogP contribution in [0.2, 0.25) is 0 Å². The molecule has 1 saturated carbocycles. The number of carbonyl (C=O) groups excluding carboxylic acids is 1. The second-order valence-electron chi connectivity index (χ2n) is 3.08. The predicted octanol–water partition coefficient (Wildman–Crippen LogP) is 2.08. The standard InChI is InChI=1S/C8H11F3O2/c9-5-3-1-2-4-6(5)13-8(12)7(10)11/h5-7H,1-4H2. The van der Waals surface area contributed by atoms with Gasteiger partial charge in [-0.15, -0.1) is 0 Å². The van der Waals surface area contributed by atoms with Crippen LogP contribution in [0.4, 0.5) is 13.2 Å². The van der Waals surface area contributed by atoms with Gasteiger partial charge in [0.2, 0.25) is 0 Å². The van der Waals surface area contributed by atoms with Gasteiger partial charge < -0.3 is 4.74 Å². The molecule has 76 valence electrons. The normalized spacial score (nSPS) is 28.9. The van der Waals surface area contributed by atoms with E-state index in [2.05, 4.69) is 4.74 Å². The summed E-state index contributed by atoms with van der Waals surface area (Å²) < 4.78 is 40.7. The molecule has 0 N–H and O–H groups in total. The van der Waals surface area contributed by atoms with Gasteiger partial charge in [0.05, 0.1) is 0 Å². The summed E-state index contributed by atoms with van der Waals surface area (Å²) in [4.78, 5) is 10.4. The first-order valence-corrected chi connectivity index (χ1v) is 4.24. The largest absolute Gasteiger partial charge is 0.455 e. The Morgan fingerprint density at radius 3 is 2.46 bits per heavy atom. The fourth-order valence-corrected chi connectivity index (χ4v) is 1.38. The molecule has 1 fully saturated rings. The number of halogens is 3. The van der Waals surface area contributed by atoms with Gasteiger partial charge in [-0.2, -0.15) is 8.78 Å². The van der Waals surface area contributed by atoms with Crippen molar-refractivity contribution in [3.05, 3.63) is 0 Å². The van der Waals surface area contributed by atoms with Gasteiger partial charge in [0, 0.05) is 0 Å². The van der Waals surface area contributed by atoms with Gasteiger partial charge in [0.15, 0.2) is 0 Å². The quantitative estimate of drug-likeness (QED) is 0.632. The molecule has 0 aromatic heterocycles. The molecule has 0 aliphatic heterocycles. The molecule has 0 bridgehead atoms. The molecule has 0 amide bonds. The molecule has 13 heavy (non-hydrogen) atoms. The minimum absolute atomic E-state index is 0.293. The first kappa shape index (κ1) is 10.3. The number of alkyl halides is 3. The highest BCUT2D eigenvalue weighted by Crippen LogP contribution is 2.24. The number of esters is 1. The third kappa shape index (κ3) is 2.90. The lowest BCUT2D eigenvalue weighted by atomic mass is 9.96. The zero-order valence-corrected chi connectivity index (χ0v) is 7.01. The second kappa shape index (κ2) is 4.48. The summed E-state index contributed by atoms with van der Waals surface area (Å²) >= 11 is 0. The van der Waals surface area contributed by atoms with Gasteiger partial charge in [0.1, 0.15) is 12.3 Å². The first-order chi connectivity index (χ1) is 6.11. The van der Waals surface area contributed by atoms with Crippen LogP contribution in [-0.4, -0.2) is 24.7 Å². The lowest BCUT2D eigenvalue weighted by molar-refractivity contribution is -0.167. The van der Waals surface area contributed by atoms with Crippen LogP contribution in [0.25, 0.3) is 0 Å². The van der Waals surface area contributed by atoms with Crippen LogP contribution in [0.3, 0.4) is 0 Å². The van der Waals surface area contributed by atoms with Crippen LogP contribution in [0.5, 0.6) is 0 Å². The fourth-order valence-electron chi connectivity index (χ4n) is 1.38. The minimum Gasteiger partial charge on any atom is -0.455 e. The van der Waals surface area contributed by atoms with Gasteiger partial charge in [0.25, 0.3) is 0 Å². The number of rotatable bonds is 2. The Bertz CT molecular complexity index is 184. The summed E-state index contributed by atoms with van der Waals surface area (Å²) in [7, 11) is 0. The van der Waals surface area contributed by atoms with E-state index in [4.69, 9.17) is 0 Å². The maximum absolute atomic E-state index is 12.9. The van der Waals surface area contributed by atoms with Crippen LogP contribution in [0.1, 0.15) is 25.7 Å². The van der Waals surface area contributed by atoms with Crippen LogP contribution in [0.15, 0.2) is 0 Å². The van der Waals surface area contributed by atoms with Gasteiger partial charge >= 0.3 is 12.4 Å². The molecule has 1 aliphatic carbocycles. The monoisotopic (exact) mass is 196 g/mol. The lowest BCUT2D eigenvalue weighted by Gasteiger charge is -2.25. The topological polar surface area (TPSA) is 26.3 Å². The molecule has 5 heteroatoms. The zero-order valence-electron chi connectivity index (χ0n) is 7.01. The van der Waals surface area contributed by atoms with Crippen molar-refractivity contribution in [1.82, 2.24) is 0 Å². The molecule has 2 atom stereocenters. The molecule has 0 spiro atoms. The minimum atomic E-state index is -3.16. The summed E-state index contributed by atoms with van der Waals surface area (Å²) in [6, 6.07) is 0. The van der Waals surface area contributed by atoms with Crippen molar-refractivity contribution < 1.29 is 22.7 Å². The van der Waals surface area contributed by atoms with E-state index in [1.54, 1.807) is 0 Å². The molecule has 1 rings (SSSR count). The van der Waals surface area contributed by atoms with E-state index in [0.717, 1.165) is 12.8 Å². The Balaban J connectivity index is 2.38. The highest BCUT2D eigenvalue weighted by atomic mass is 19.3. The summed E-state index contributed by atoms with van der Waals surface area (Å²) in [5, 5.41) is 0. The molecular formula is C8H11F3O2. The zero-order chi connectivity index (χ0) is 9.84. The van der Waals surface area contributed by atoms with Gasteiger partial charge in [-0.1, -0.05) is 6.42 Å². The van der Waals surface area contributed by atoms with Crippen molar-refractivity contribution in [1.29, 1.82) is 0 Å². The fraction of sp³-hybridized carbons (Fsp3) is 0.875. The first-order valence-electron chi connectivity index (χ1n) is 4.24. The Kier molecular flexibility index (Phi) is 3.57. The molecule has 1 aliphatic rings. The van der Waals surface area contributed by atoms with Crippen molar-refractivity contribution in [3.8, 4) is 0 Å². The van der Waals surface area contributed by atoms with Crippen LogP contribution in [-0.2, 0) is 9.53 Å². The van der Waals surface area contributed by atoms with E-state index in [0.29, 0.717) is 12.8 Å². The van der Waals surface area contributed by atoms with E-state index in [9.17, 15) is 18.0 Å². The summed E-state index contributed by atoms with van der Waals surface area (Å²) in [5.74, 6) is -1.62. The SMILES string of the molecule is O=C(OC1CCCCC1F)C(F)F. The highest BCUT2D eigenvalue weighted by Gasteiger charge is 2.30. The Hall–Kier alpha value is -0.740. The third-order valence-corrected chi connectivity index (χ3v) is 2.07. The Morgan fingerprint density at radius 1 is 1.31 bits per heavy atom. The van der Waals surface area contributed by atoms with Crippen LogP contribution in [0, 0.1) is 0 Å². The predicted molar refractivity (Wildman–Crippen MR) is 39.2 cm³/mol. The second-order valence-corrected chi connectivity index (χ2v) is 3.08. The maximum Gasteiger partial charge on any atom is 0.374 e. The highest BCUT2D eigenvalue weighted by molar-refractivity contribution is 5.73. The number of hydrogen-bond acceptors (Lipinski definition) is 2. The van der Waals surface area contributed by atoms with Crippen molar-refractivity contribution in [3.63, 3.8) is 0 Å². The van der Waals surface area contributed by atoms with E-state index in [1.807, 2.05) is 0 Å². The summed E-state index contributed by atoms with van der Waals surface area (Å²) in [6.07, 6.45) is -3.31. The molecule has 2 nitrogen and oxygen atoms in total. The van der Waals surface area contributed by atoms with Crippen molar-refractivity contribution in [2.45, 2.75) is 44.4 Å². The average Bonchev–Trinajstić information content (AvgIpc) is 2.08. The number of hydrogen-bond donors (Lipinski definition) is 0. The molecule has 0 saturated heterocycles. The summed E-state index contributed by atoms with van der Waals surface area (Å²) in [6.45, 7) is 0. The third-order valence-electron chi connectivity index (χ3n) is 2.07.